The van der Waals surface area contributed by atoms with Crippen molar-refractivity contribution in [2.75, 3.05) is 7.05 Å². The monoisotopic (exact) mass is 219 g/mol. The Morgan fingerprint density at radius 3 is 2.60 bits per heavy atom. The Bertz CT molecular complexity index is 403. The first-order valence-electron chi connectivity index (χ1n) is 4.41. The van der Waals surface area contributed by atoms with Crippen LogP contribution in [0.2, 0.25) is 5.02 Å². The lowest BCUT2D eigenvalue weighted by molar-refractivity contribution is 0.321. The van der Waals surface area contributed by atoms with Gasteiger partial charge in [-0.25, -0.2) is 0 Å². The van der Waals surface area contributed by atoms with Crippen LogP contribution < -0.4 is 0 Å². The highest BCUT2D eigenvalue weighted by molar-refractivity contribution is 6.30. The molecular formula is C11H10ClN3. The first-order valence-corrected chi connectivity index (χ1v) is 4.79. The van der Waals surface area contributed by atoms with Gasteiger partial charge in [0.1, 0.15) is 0 Å². The Labute approximate surface area is 94.1 Å². The van der Waals surface area contributed by atoms with Crippen LogP contribution in [0.15, 0.2) is 24.3 Å². The molecule has 0 aliphatic rings. The van der Waals surface area contributed by atoms with Crippen molar-refractivity contribution in [2.45, 2.75) is 12.6 Å². The van der Waals surface area contributed by atoms with Crippen molar-refractivity contribution >= 4 is 11.6 Å². The molecule has 0 fully saturated rings. The molecular weight excluding hydrogens is 210 g/mol. The van der Waals surface area contributed by atoms with Crippen molar-refractivity contribution in [2.24, 2.45) is 0 Å². The minimum atomic E-state index is -0.719. The minimum absolute atomic E-state index is 0.534. The fraction of sp³-hybridized carbons (Fsp3) is 0.273. The van der Waals surface area contributed by atoms with Crippen LogP contribution in [-0.2, 0) is 6.54 Å². The van der Waals surface area contributed by atoms with Crippen molar-refractivity contribution in [3.63, 3.8) is 0 Å². The summed E-state index contributed by atoms with van der Waals surface area (Å²) in [5.74, 6) is 0. The van der Waals surface area contributed by atoms with Gasteiger partial charge in [-0.15, -0.1) is 0 Å². The van der Waals surface area contributed by atoms with E-state index in [1.807, 2.05) is 30.3 Å². The summed E-state index contributed by atoms with van der Waals surface area (Å²) in [7, 11) is 1.73. The number of hydrogen-bond donors (Lipinski definition) is 0. The number of hydrogen-bond acceptors (Lipinski definition) is 3. The second-order valence-electron chi connectivity index (χ2n) is 3.21. The zero-order valence-corrected chi connectivity index (χ0v) is 9.07. The molecule has 76 valence electrons. The molecule has 15 heavy (non-hydrogen) atoms. The lowest BCUT2D eigenvalue weighted by Crippen LogP contribution is -2.28. The first kappa shape index (κ1) is 11.5. The smallest absolute Gasteiger partial charge is 0.186 e. The van der Waals surface area contributed by atoms with Crippen molar-refractivity contribution < 1.29 is 0 Å². The van der Waals surface area contributed by atoms with E-state index in [1.165, 1.54) is 0 Å². The maximum Gasteiger partial charge on any atom is 0.186 e. The minimum Gasteiger partial charge on any atom is -0.275 e. The Hall–Kier alpha value is -1.55. The third-order valence-corrected chi connectivity index (χ3v) is 2.24. The molecule has 0 unspecified atom stereocenters. The van der Waals surface area contributed by atoms with Crippen LogP contribution in [0.5, 0.6) is 0 Å². The number of halogens is 1. The molecule has 0 heterocycles. The first-order chi connectivity index (χ1) is 7.17. The molecule has 0 saturated carbocycles. The largest absolute Gasteiger partial charge is 0.275 e. The normalized spacial score (nSPS) is 10.0. The molecule has 1 rings (SSSR count). The Kier molecular flexibility index (Phi) is 4.12. The van der Waals surface area contributed by atoms with E-state index in [2.05, 4.69) is 0 Å². The van der Waals surface area contributed by atoms with Gasteiger partial charge in [0.25, 0.3) is 0 Å². The van der Waals surface area contributed by atoms with Gasteiger partial charge in [0, 0.05) is 11.6 Å². The Balaban J connectivity index is 2.71. The summed E-state index contributed by atoms with van der Waals surface area (Å²) >= 11 is 5.83. The zero-order chi connectivity index (χ0) is 11.3. The fourth-order valence-corrected chi connectivity index (χ4v) is 1.45. The van der Waals surface area contributed by atoms with Gasteiger partial charge in [-0.2, -0.15) is 10.5 Å². The van der Waals surface area contributed by atoms with Gasteiger partial charge in [-0.05, 0) is 24.7 Å². The average Bonchev–Trinajstić information content (AvgIpc) is 2.19. The second-order valence-corrected chi connectivity index (χ2v) is 3.64. The summed E-state index contributed by atoms with van der Waals surface area (Å²) in [5, 5.41) is 18.0. The van der Waals surface area contributed by atoms with Crippen LogP contribution in [-0.4, -0.2) is 18.0 Å². The van der Waals surface area contributed by atoms with Gasteiger partial charge < -0.3 is 0 Å². The van der Waals surface area contributed by atoms with Crippen LogP contribution in [0.1, 0.15) is 5.56 Å². The standard InChI is InChI=1S/C11H10ClN3/c1-15(11(6-13)7-14)8-9-3-2-4-10(12)5-9/h2-5,11H,8H2,1H3. The van der Waals surface area contributed by atoms with Crippen LogP contribution in [0.25, 0.3) is 0 Å². The van der Waals surface area contributed by atoms with Gasteiger partial charge >= 0.3 is 0 Å². The molecule has 0 bridgehead atoms. The molecule has 0 atom stereocenters. The van der Waals surface area contributed by atoms with Gasteiger partial charge in [0.2, 0.25) is 0 Å². The van der Waals surface area contributed by atoms with Crippen molar-refractivity contribution in [3.8, 4) is 12.1 Å². The molecule has 1 aromatic carbocycles. The van der Waals surface area contributed by atoms with E-state index in [0.29, 0.717) is 11.6 Å². The Morgan fingerprint density at radius 2 is 2.07 bits per heavy atom. The maximum atomic E-state index is 8.69. The molecule has 0 saturated heterocycles. The van der Waals surface area contributed by atoms with Crippen molar-refractivity contribution in [3.05, 3.63) is 34.9 Å². The van der Waals surface area contributed by atoms with Crippen molar-refractivity contribution in [1.29, 1.82) is 10.5 Å². The predicted octanol–water partition coefficient (Wildman–Crippen LogP) is 2.19. The van der Waals surface area contributed by atoms with E-state index in [1.54, 1.807) is 18.0 Å². The molecule has 0 aromatic heterocycles. The van der Waals surface area contributed by atoms with Gasteiger partial charge in [0.15, 0.2) is 6.04 Å². The maximum absolute atomic E-state index is 8.69. The highest BCUT2D eigenvalue weighted by Crippen LogP contribution is 2.12. The fourth-order valence-electron chi connectivity index (χ4n) is 1.24. The summed E-state index contributed by atoms with van der Waals surface area (Å²) in [6.07, 6.45) is 0. The zero-order valence-electron chi connectivity index (χ0n) is 8.31. The van der Waals surface area contributed by atoms with E-state index < -0.39 is 6.04 Å². The van der Waals surface area contributed by atoms with Crippen LogP contribution >= 0.6 is 11.6 Å². The van der Waals surface area contributed by atoms with E-state index >= 15 is 0 Å². The molecule has 0 N–H and O–H groups in total. The third kappa shape index (κ3) is 3.25. The Morgan fingerprint density at radius 1 is 1.40 bits per heavy atom. The highest BCUT2D eigenvalue weighted by Gasteiger charge is 2.12. The van der Waals surface area contributed by atoms with Crippen LogP contribution in [0, 0.1) is 22.7 Å². The number of nitrogens with zero attached hydrogens (tertiary/aromatic N) is 3. The number of rotatable bonds is 3. The summed E-state index contributed by atoms with van der Waals surface area (Å²) in [5.41, 5.74) is 0.987. The third-order valence-electron chi connectivity index (χ3n) is 2.01. The molecule has 0 radical (unpaired) electrons. The number of benzene rings is 1. The average molecular weight is 220 g/mol. The van der Waals surface area contributed by atoms with Crippen LogP contribution in [0.4, 0.5) is 0 Å². The van der Waals surface area contributed by atoms with E-state index in [0.717, 1.165) is 5.56 Å². The predicted molar refractivity (Wildman–Crippen MR) is 57.9 cm³/mol. The molecule has 4 heteroatoms. The summed E-state index contributed by atoms with van der Waals surface area (Å²) in [6.45, 7) is 0.534. The topological polar surface area (TPSA) is 50.8 Å². The molecule has 0 amide bonds. The number of nitriles is 2. The quantitative estimate of drug-likeness (QED) is 0.783. The lowest BCUT2D eigenvalue weighted by atomic mass is 10.2. The van der Waals surface area contributed by atoms with E-state index in [9.17, 15) is 0 Å². The SMILES string of the molecule is CN(Cc1cccc(Cl)c1)C(C#N)C#N. The van der Waals surface area contributed by atoms with E-state index in [4.69, 9.17) is 22.1 Å². The molecule has 0 aliphatic carbocycles. The van der Waals surface area contributed by atoms with Gasteiger partial charge in [0.05, 0.1) is 12.1 Å². The summed E-state index contributed by atoms with van der Waals surface area (Å²) in [6, 6.07) is 10.5. The molecule has 0 aliphatic heterocycles. The second kappa shape index (κ2) is 5.36. The van der Waals surface area contributed by atoms with Crippen molar-refractivity contribution in [1.82, 2.24) is 4.90 Å². The molecule has 0 spiro atoms. The molecule has 3 nitrogen and oxygen atoms in total. The van der Waals surface area contributed by atoms with Gasteiger partial charge in [-0.1, -0.05) is 23.7 Å². The summed E-state index contributed by atoms with van der Waals surface area (Å²) < 4.78 is 0. The van der Waals surface area contributed by atoms with E-state index in [-0.39, 0.29) is 0 Å². The lowest BCUT2D eigenvalue weighted by Gasteiger charge is -2.16. The van der Waals surface area contributed by atoms with Crippen LogP contribution in [0.3, 0.4) is 0 Å². The molecule has 1 aromatic rings. The summed E-state index contributed by atoms with van der Waals surface area (Å²) in [4.78, 5) is 1.67. The highest BCUT2D eigenvalue weighted by atomic mass is 35.5. The van der Waals surface area contributed by atoms with Gasteiger partial charge in [-0.3, -0.25) is 4.90 Å².